The predicted molar refractivity (Wildman–Crippen MR) is 92.3 cm³/mol. The number of urea groups is 1. The molecule has 23 heavy (non-hydrogen) atoms. The molecule has 6 heteroatoms. The Morgan fingerprint density at radius 1 is 1.30 bits per heavy atom. The van der Waals surface area contributed by atoms with Gasteiger partial charge in [-0.1, -0.05) is 37.3 Å². The Morgan fingerprint density at radius 2 is 1.96 bits per heavy atom. The van der Waals surface area contributed by atoms with E-state index in [0.29, 0.717) is 12.5 Å². The van der Waals surface area contributed by atoms with Crippen LogP contribution in [0, 0.1) is 0 Å². The van der Waals surface area contributed by atoms with Crippen LogP contribution in [-0.2, 0) is 9.84 Å². The molecule has 0 heterocycles. The molecule has 0 aliphatic heterocycles. The smallest absolute Gasteiger partial charge is 0.317 e. The molecule has 0 spiro atoms. The van der Waals surface area contributed by atoms with Crippen LogP contribution in [-0.4, -0.2) is 49.5 Å². The molecule has 1 fully saturated rings. The second kappa shape index (κ2) is 7.34. The normalized spacial score (nSPS) is 21.5. The Bertz CT molecular complexity index is 630. The largest absolute Gasteiger partial charge is 0.335 e. The minimum atomic E-state index is -3.10. The van der Waals surface area contributed by atoms with Crippen LogP contribution in [0.15, 0.2) is 30.3 Å². The number of hydrogen-bond donors (Lipinski definition) is 1. The Balaban J connectivity index is 1.91. The highest BCUT2D eigenvalue weighted by molar-refractivity contribution is 7.91. The van der Waals surface area contributed by atoms with E-state index in [1.807, 2.05) is 25.1 Å². The number of carbonyl (C=O) groups is 1. The fourth-order valence-corrected chi connectivity index (χ4v) is 4.05. The second-order valence-corrected chi connectivity index (χ2v) is 8.54. The van der Waals surface area contributed by atoms with E-state index in [-0.39, 0.29) is 29.6 Å². The van der Waals surface area contributed by atoms with E-state index >= 15 is 0 Å². The first-order valence-corrected chi connectivity index (χ1v) is 10.0. The van der Waals surface area contributed by atoms with Crippen molar-refractivity contribution in [3.05, 3.63) is 35.9 Å². The van der Waals surface area contributed by atoms with Crippen LogP contribution in [0.5, 0.6) is 0 Å². The molecule has 0 radical (unpaired) electrons. The third kappa shape index (κ3) is 4.70. The lowest BCUT2D eigenvalue weighted by Crippen LogP contribution is -2.48. The zero-order chi connectivity index (χ0) is 17.0. The Kier molecular flexibility index (Phi) is 5.68. The van der Waals surface area contributed by atoms with Crippen LogP contribution >= 0.6 is 0 Å². The van der Waals surface area contributed by atoms with Crippen LogP contribution in [0.3, 0.4) is 0 Å². The molecule has 128 valence electrons. The highest BCUT2D eigenvalue weighted by Crippen LogP contribution is 2.40. The van der Waals surface area contributed by atoms with Gasteiger partial charge in [0.15, 0.2) is 9.84 Å². The summed E-state index contributed by atoms with van der Waals surface area (Å²) >= 11 is 0. The number of nitrogens with one attached hydrogen (secondary N) is 1. The fourth-order valence-electron chi connectivity index (χ4n) is 2.90. The van der Waals surface area contributed by atoms with Gasteiger partial charge in [-0.25, -0.2) is 13.2 Å². The van der Waals surface area contributed by atoms with E-state index in [9.17, 15) is 13.2 Å². The molecule has 1 aliphatic rings. The molecule has 2 rings (SSSR count). The molecular formula is C17H26N2O3S. The molecule has 0 bridgehead atoms. The summed E-state index contributed by atoms with van der Waals surface area (Å²) < 4.78 is 23.5. The minimum Gasteiger partial charge on any atom is -0.335 e. The van der Waals surface area contributed by atoms with Crippen LogP contribution in [0.4, 0.5) is 4.79 Å². The number of carbonyl (C=O) groups excluding carboxylic acids is 1. The van der Waals surface area contributed by atoms with E-state index in [4.69, 9.17) is 0 Å². The van der Waals surface area contributed by atoms with Crippen molar-refractivity contribution in [3.63, 3.8) is 0 Å². The first kappa shape index (κ1) is 17.8. The molecule has 1 aromatic rings. The summed E-state index contributed by atoms with van der Waals surface area (Å²) in [5.74, 6) is 0.487. The maximum absolute atomic E-state index is 12.4. The molecule has 1 saturated carbocycles. The van der Waals surface area contributed by atoms with Gasteiger partial charge < -0.3 is 10.2 Å². The number of benzene rings is 1. The molecule has 2 amide bonds. The van der Waals surface area contributed by atoms with Crippen molar-refractivity contribution in [2.75, 3.05) is 18.1 Å². The van der Waals surface area contributed by atoms with Crippen molar-refractivity contribution in [2.24, 2.45) is 0 Å². The van der Waals surface area contributed by atoms with Crippen molar-refractivity contribution in [2.45, 2.75) is 45.2 Å². The summed E-state index contributed by atoms with van der Waals surface area (Å²) in [4.78, 5) is 14.0. The zero-order valence-corrected chi connectivity index (χ0v) is 14.8. The summed E-state index contributed by atoms with van der Waals surface area (Å²) in [6.07, 6.45) is 0.939. The highest BCUT2D eigenvalue weighted by atomic mass is 32.2. The first-order chi connectivity index (χ1) is 10.9. The fraction of sp³-hybridized carbons (Fsp3) is 0.588. The summed E-state index contributed by atoms with van der Waals surface area (Å²) in [5.41, 5.74) is 1.24. The van der Waals surface area contributed by atoms with Crippen LogP contribution in [0.1, 0.15) is 38.7 Å². The standard InChI is InChI=1S/C17H26N2O3S/c1-4-19(13(3)12-23(21,22)5-2)17(20)18-16-11-15(16)14-9-7-6-8-10-14/h6-10,13,15-16H,4-5,11-12H2,1-3H3,(H,18,20)/t13-,15-,16+/m0/s1. The van der Waals surface area contributed by atoms with Gasteiger partial charge in [0.1, 0.15) is 0 Å². The third-order valence-electron chi connectivity index (χ3n) is 4.40. The van der Waals surface area contributed by atoms with Crippen molar-refractivity contribution in [1.82, 2.24) is 10.2 Å². The lowest BCUT2D eigenvalue weighted by Gasteiger charge is -2.28. The lowest BCUT2D eigenvalue weighted by molar-refractivity contribution is 0.187. The molecule has 5 nitrogen and oxygen atoms in total. The molecule has 1 aliphatic carbocycles. The van der Waals surface area contributed by atoms with Gasteiger partial charge in [-0.15, -0.1) is 0 Å². The SMILES string of the molecule is CCN(C(=O)N[C@@H]1C[C@H]1c1ccccc1)[C@@H](C)CS(=O)(=O)CC. The highest BCUT2D eigenvalue weighted by Gasteiger charge is 2.40. The minimum absolute atomic E-state index is 0.0114. The topological polar surface area (TPSA) is 66.5 Å². The van der Waals surface area contributed by atoms with E-state index in [1.165, 1.54) is 5.56 Å². The molecule has 0 unspecified atom stereocenters. The molecule has 1 aromatic carbocycles. The van der Waals surface area contributed by atoms with Crippen LogP contribution in [0.2, 0.25) is 0 Å². The van der Waals surface area contributed by atoms with Gasteiger partial charge in [0, 0.05) is 30.3 Å². The zero-order valence-electron chi connectivity index (χ0n) is 14.0. The van der Waals surface area contributed by atoms with Gasteiger partial charge in [-0.05, 0) is 25.8 Å². The van der Waals surface area contributed by atoms with E-state index in [0.717, 1.165) is 6.42 Å². The van der Waals surface area contributed by atoms with Crippen LogP contribution < -0.4 is 5.32 Å². The average Bonchev–Trinajstić information content (AvgIpc) is 3.27. The Labute approximate surface area is 139 Å². The van der Waals surface area contributed by atoms with Gasteiger partial charge in [0.2, 0.25) is 0 Å². The van der Waals surface area contributed by atoms with Crippen molar-refractivity contribution in [1.29, 1.82) is 0 Å². The van der Waals surface area contributed by atoms with Gasteiger partial charge in [-0.3, -0.25) is 0 Å². The summed E-state index contributed by atoms with van der Waals surface area (Å²) in [7, 11) is -3.10. The van der Waals surface area contributed by atoms with Crippen molar-refractivity contribution >= 4 is 15.9 Å². The summed E-state index contributed by atoms with van der Waals surface area (Å²) in [5, 5.41) is 3.03. The van der Waals surface area contributed by atoms with Crippen LogP contribution in [0.25, 0.3) is 0 Å². The second-order valence-electron chi connectivity index (χ2n) is 6.14. The monoisotopic (exact) mass is 338 g/mol. The van der Waals surface area contributed by atoms with E-state index in [1.54, 1.807) is 18.7 Å². The van der Waals surface area contributed by atoms with E-state index in [2.05, 4.69) is 17.4 Å². The van der Waals surface area contributed by atoms with Crippen molar-refractivity contribution in [3.8, 4) is 0 Å². The number of nitrogens with zero attached hydrogens (tertiary/aromatic N) is 1. The molecule has 1 N–H and O–H groups in total. The Morgan fingerprint density at radius 3 is 2.52 bits per heavy atom. The molecule has 3 atom stereocenters. The lowest BCUT2D eigenvalue weighted by atomic mass is 10.1. The Hall–Kier alpha value is -1.56. The average molecular weight is 338 g/mol. The van der Waals surface area contributed by atoms with Gasteiger partial charge >= 0.3 is 6.03 Å². The van der Waals surface area contributed by atoms with Gasteiger partial charge in [-0.2, -0.15) is 0 Å². The van der Waals surface area contributed by atoms with Gasteiger partial charge in [0.25, 0.3) is 0 Å². The summed E-state index contributed by atoms with van der Waals surface area (Å²) in [6, 6.07) is 9.79. The number of rotatable bonds is 7. The summed E-state index contributed by atoms with van der Waals surface area (Å²) in [6.45, 7) is 5.79. The van der Waals surface area contributed by atoms with Gasteiger partial charge in [0.05, 0.1) is 5.75 Å². The molecule has 0 saturated heterocycles. The quantitative estimate of drug-likeness (QED) is 0.830. The molecular weight excluding hydrogens is 312 g/mol. The number of amides is 2. The number of sulfone groups is 1. The maximum Gasteiger partial charge on any atom is 0.317 e. The third-order valence-corrected chi connectivity index (χ3v) is 6.27. The predicted octanol–water partition coefficient (Wildman–Crippen LogP) is 2.40. The van der Waals surface area contributed by atoms with Crippen molar-refractivity contribution < 1.29 is 13.2 Å². The number of hydrogen-bond acceptors (Lipinski definition) is 3. The van der Waals surface area contributed by atoms with E-state index < -0.39 is 9.84 Å². The maximum atomic E-state index is 12.4. The first-order valence-electron chi connectivity index (χ1n) is 8.20. The molecule has 0 aromatic heterocycles.